The molecule has 0 aliphatic carbocycles. The second-order valence-electron chi connectivity index (χ2n) is 8.31. The Hall–Kier alpha value is -1.92. The van der Waals surface area contributed by atoms with Crippen molar-refractivity contribution >= 4 is 11.6 Å². The number of amides is 1. The molecule has 0 aromatic carbocycles. The second kappa shape index (κ2) is 17.9. The van der Waals surface area contributed by atoms with Crippen LogP contribution in [0.3, 0.4) is 0 Å². The maximum absolute atomic E-state index is 11.8. The zero-order valence-corrected chi connectivity index (χ0v) is 18.9. The smallest absolute Gasteiger partial charge is 0.307 e. The Bertz CT molecular complexity index is 575. The van der Waals surface area contributed by atoms with Gasteiger partial charge >= 0.3 is 5.69 Å². The van der Waals surface area contributed by atoms with E-state index in [9.17, 15) is 14.9 Å². The summed E-state index contributed by atoms with van der Waals surface area (Å²) < 4.78 is 1.29. The van der Waals surface area contributed by atoms with E-state index >= 15 is 0 Å². The molecule has 7 heteroatoms. The fourth-order valence-electron chi connectivity index (χ4n) is 3.64. The fraction of sp³-hybridized carbons (Fsp3) is 0.826. The quantitative estimate of drug-likeness (QED) is 0.155. The molecule has 0 fully saturated rings. The molecular formula is C23H42N4O3. The van der Waals surface area contributed by atoms with E-state index in [0.717, 1.165) is 19.0 Å². The van der Waals surface area contributed by atoms with Crippen molar-refractivity contribution in [2.45, 2.75) is 116 Å². The van der Waals surface area contributed by atoms with Gasteiger partial charge in [-0.3, -0.25) is 19.6 Å². The molecule has 30 heavy (non-hydrogen) atoms. The SMILES string of the molecule is CCCCCCCCCCCCCCCCCCNC(=O)Cn1cc([N+](=O)[O-])cn1. The molecule has 0 aliphatic heterocycles. The van der Waals surface area contributed by atoms with E-state index in [-0.39, 0.29) is 18.1 Å². The van der Waals surface area contributed by atoms with Gasteiger partial charge in [-0.1, -0.05) is 103 Å². The minimum absolute atomic E-state index is 0.0205. The van der Waals surface area contributed by atoms with Gasteiger partial charge in [0, 0.05) is 6.54 Å². The molecule has 172 valence electrons. The molecule has 1 N–H and O–H groups in total. The molecule has 0 radical (unpaired) electrons. The van der Waals surface area contributed by atoms with E-state index in [1.165, 1.54) is 101 Å². The van der Waals surface area contributed by atoms with Crippen molar-refractivity contribution in [2.75, 3.05) is 6.54 Å². The van der Waals surface area contributed by atoms with Crippen molar-refractivity contribution in [3.8, 4) is 0 Å². The van der Waals surface area contributed by atoms with Crippen LogP contribution in [0.25, 0.3) is 0 Å². The van der Waals surface area contributed by atoms with Gasteiger partial charge in [0.05, 0.1) is 4.92 Å². The van der Waals surface area contributed by atoms with Crippen LogP contribution in [0.4, 0.5) is 5.69 Å². The van der Waals surface area contributed by atoms with Crippen molar-refractivity contribution in [3.05, 3.63) is 22.5 Å². The average Bonchev–Trinajstić information content (AvgIpc) is 3.19. The first-order valence-electron chi connectivity index (χ1n) is 12.1. The zero-order chi connectivity index (χ0) is 21.9. The van der Waals surface area contributed by atoms with Crippen LogP contribution in [0.1, 0.15) is 110 Å². The monoisotopic (exact) mass is 422 g/mol. The van der Waals surface area contributed by atoms with Crippen LogP contribution in [0.15, 0.2) is 12.4 Å². The first-order chi connectivity index (χ1) is 14.6. The highest BCUT2D eigenvalue weighted by Gasteiger charge is 2.10. The lowest BCUT2D eigenvalue weighted by Gasteiger charge is -2.05. The molecule has 0 spiro atoms. The van der Waals surface area contributed by atoms with Gasteiger partial charge in [-0.25, -0.2) is 0 Å². The van der Waals surface area contributed by atoms with Crippen molar-refractivity contribution in [3.63, 3.8) is 0 Å². The van der Waals surface area contributed by atoms with Crippen LogP contribution in [-0.4, -0.2) is 27.2 Å². The van der Waals surface area contributed by atoms with Crippen molar-refractivity contribution in [1.82, 2.24) is 15.1 Å². The molecule has 1 rings (SSSR count). The standard InChI is InChI=1S/C23H42N4O3/c1-2-3-4-5-6-7-8-9-10-11-12-13-14-15-16-17-18-24-23(28)21-26-20-22(19-25-26)27(29)30/h19-20H,2-18,21H2,1H3,(H,24,28). The fourth-order valence-corrected chi connectivity index (χ4v) is 3.64. The zero-order valence-electron chi connectivity index (χ0n) is 18.9. The lowest BCUT2D eigenvalue weighted by atomic mass is 10.0. The Morgan fingerprint density at radius 3 is 1.80 bits per heavy atom. The molecule has 0 unspecified atom stereocenters. The Labute approximate surface area is 182 Å². The van der Waals surface area contributed by atoms with Crippen molar-refractivity contribution < 1.29 is 9.72 Å². The molecule has 0 aliphatic rings. The minimum atomic E-state index is -0.516. The van der Waals surface area contributed by atoms with Crippen LogP contribution >= 0.6 is 0 Å². The van der Waals surface area contributed by atoms with Gasteiger partial charge in [0.2, 0.25) is 5.91 Å². The normalized spacial score (nSPS) is 11.0. The number of hydrogen-bond donors (Lipinski definition) is 1. The molecule has 1 amide bonds. The lowest BCUT2D eigenvalue weighted by Crippen LogP contribution is -2.28. The van der Waals surface area contributed by atoms with Crippen LogP contribution < -0.4 is 5.32 Å². The van der Waals surface area contributed by atoms with Crippen LogP contribution in [0.5, 0.6) is 0 Å². The van der Waals surface area contributed by atoms with Gasteiger partial charge in [-0.15, -0.1) is 0 Å². The first-order valence-corrected chi connectivity index (χ1v) is 12.1. The van der Waals surface area contributed by atoms with Crippen LogP contribution in [-0.2, 0) is 11.3 Å². The minimum Gasteiger partial charge on any atom is -0.354 e. The number of unbranched alkanes of at least 4 members (excludes halogenated alkanes) is 15. The maximum atomic E-state index is 11.8. The topological polar surface area (TPSA) is 90.1 Å². The number of carbonyl (C=O) groups is 1. The summed E-state index contributed by atoms with van der Waals surface area (Å²) in [5, 5.41) is 17.3. The molecule has 1 aromatic heterocycles. The molecule has 1 aromatic rings. The van der Waals surface area contributed by atoms with E-state index in [1.54, 1.807) is 0 Å². The van der Waals surface area contributed by atoms with E-state index < -0.39 is 4.92 Å². The summed E-state index contributed by atoms with van der Waals surface area (Å²) in [6, 6.07) is 0. The highest BCUT2D eigenvalue weighted by atomic mass is 16.6. The highest BCUT2D eigenvalue weighted by Crippen LogP contribution is 2.13. The number of nitrogens with zero attached hydrogens (tertiary/aromatic N) is 3. The Balaban J connectivity index is 1.81. The van der Waals surface area contributed by atoms with Crippen molar-refractivity contribution in [1.29, 1.82) is 0 Å². The molecule has 0 atom stereocenters. The Morgan fingerprint density at radius 2 is 1.37 bits per heavy atom. The van der Waals surface area contributed by atoms with Gasteiger partial charge in [0.15, 0.2) is 0 Å². The first kappa shape index (κ1) is 26.1. The Morgan fingerprint density at radius 1 is 0.900 bits per heavy atom. The third-order valence-electron chi connectivity index (χ3n) is 5.49. The van der Waals surface area contributed by atoms with Crippen molar-refractivity contribution in [2.24, 2.45) is 0 Å². The molecule has 0 saturated carbocycles. The molecule has 1 heterocycles. The predicted molar refractivity (Wildman–Crippen MR) is 121 cm³/mol. The number of carbonyl (C=O) groups excluding carboxylic acids is 1. The third-order valence-corrected chi connectivity index (χ3v) is 5.49. The van der Waals surface area contributed by atoms with Gasteiger partial charge in [-0.05, 0) is 6.42 Å². The Kier molecular flexibility index (Phi) is 15.6. The molecular weight excluding hydrogens is 380 g/mol. The third kappa shape index (κ3) is 14.1. The number of aromatic nitrogens is 2. The molecule has 7 nitrogen and oxygen atoms in total. The van der Waals surface area contributed by atoms with Crippen LogP contribution in [0.2, 0.25) is 0 Å². The maximum Gasteiger partial charge on any atom is 0.307 e. The average molecular weight is 423 g/mol. The summed E-state index contributed by atoms with van der Waals surface area (Å²) in [6.45, 7) is 2.94. The van der Waals surface area contributed by atoms with E-state index in [0.29, 0.717) is 6.54 Å². The van der Waals surface area contributed by atoms with Gasteiger partial charge in [0.1, 0.15) is 18.9 Å². The number of nitrogens with one attached hydrogen (secondary N) is 1. The van der Waals surface area contributed by atoms with E-state index in [2.05, 4.69) is 17.3 Å². The number of nitro groups is 1. The summed E-state index contributed by atoms with van der Waals surface area (Å²) in [4.78, 5) is 21.9. The summed E-state index contributed by atoms with van der Waals surface area (Å²) in [7, 11) is 0. The largest absolute Gasteiger partial charge is 0.354 e. The number of rotatable bonds is 20. The number of hydrogen-bond acceptors (Lipinski definition) is 4. The van der Waals surface area contributed by atoms with Gasteiger partial charge in [0.25, 0.3) is 0 Å². The summed E-state index contributed by atoms with van der Waals surface area (Å²) in [6.07, 6.45) is 23.7. The highest BCUT2D eigenvalue weighted by molar-refractivity contribution is 5.75. The second-order valence-corrected chi connectivity index (χ2v) is 8.31. The van der Waals surface area contributed by atoms with E-state index in [1.807, 2.05) is 0 Å². The molecule has 0 saturated heterocycles. The predicted octanol–water partition coefficient (Wildman–Crippen LogP) is 6.17. The summed E-state index contributed by atoms with van der Waals surface area (Å²) >= 11 is 0. The van der Waals surface area contributed by atoms with Gasteiger partial charge in [-0.2, -0.15) is 5.10 Å². The van der Waals surface area contributed by atoms with E-state index in [4.69, 9.17) is 0 Å². The van der Waals surface area contributed by atoms with Crippen LogP contribution in [0, 0.1) is 10.1 Å². The van der Waals surface area contributed by atoms with Gasteiger partial charge < -0.3 is 5.32 Å². The lowest BCUT2D eigenvalue weighted by molar-refractivity contribution is -0.385. The summed E-state index contributed by atoms with van der Waals surface area (Å²) in [5.74, 6) is -0.158. The summed E-state index contributed by atoms with van der Waals surface area (Å²) in [5.41, 5.74) is -0.0967. The molecule has 0 bridgehead atoms.